The van der Waals surface area contributed by atoms with E-state index in [2.05, 4.69) is 16.8 Å². The number of rotatable bonds is 0. The molecule has 0 fully saturated rings. The number of halogens is 2. The largest absolute Gasteiger partial charge is 0.288 e. The zero-order valence-corrected chi connectivity index (χ0v) is 9.95. The van der Waals surface area contributed by atoms with Gasteiger partial charge in [0.15, 0.2) is 0 Å². The topological polar surface area (TPSA) is 12.4 Å². The van der Waals surface area contributed by atoms with Crippen LogP contribution in [0.15, 0.2) is 41.4 Å². The van der Waals surface area contributed by atoms with Crippen molar-refractivity contribution in [1.29, 1.82) is 0 Å². The minimum Gasteiger partial charge on any atom is -0.288 e. The van der Waals surface area contributed by atoms with E-state index in [1.54, 1.807) is 0 Å². The zero-order chi connectivity index (χ0) is 13.2. The maximum atomic E-state index is 13.0. The predicted octanol–water partition coefficient (Wildman–Crippen LogP) is 3.30. The number of aliphatic imine (C=N–C) groups is 1. The molecule has 2 aromatic rings. The summed E-state index contributed by atoms with van der Waals surface area (Å²) in [4.78, 5) is 4.16. The number of hydrogen-bond acceptors (Lipinski definition) is 1. The molecule has 3 heteroatoms. The second-order valence-electron chi connectivity index (χ2n) is 4.29. The molecule has 19 heavy (non-hydrogen) atoms. The number of benzene rings is 2. The molecule has 0 radical (unpaired) electrons. The quantitative estimate of drug-likeness (QED) is 0.639. The van der Waals surface area contributed by atoms with Gasteiger partial charge in [-0.25, -0.2) is 8.78 Å². The molecule has 0 aromatic heterocycles. The van der Waals surface area contributed by atoms with Crippen molar-refractivity contribution in [3.05, 3.63) is 70.3 Å². The molecule has 1 aliphatic heterocycles. The third-order valence-corrected chi connectivity index (χ3v) is 2.85. The highest BCUT2D eigenvalue weighted by Gasteiger charge is 2.05. The maximum absolute atomic E-state index is 13.0. The fourth-order valence-electron chi connectivity index (χ4n) is 1.95. The third kappa shape index (κ3) is 2.53. The lowest BCUT2D eigenvalue weighted by atomic mass is 10.1. The lowest BCUT2D eigenvalue weighted by Crippen LogP contribution is -1.86. The Balaban J connectivity index is 1.93. The van der Waals surface area contributed by atoms with Crippen molar-refractivity contribution in [1.82, 2.24) is 0 Å². The van der Waals surface area contributed by atoms with Crippen LogP contribution < -0.4 is 0 Å². The highest BCUT2D eigenvalue weighted by atomic mass is 19.1. The van der Waals surface area contributed by atoms with E-state index < -0.39 is 11.6 Å². The van der Waals surface area contributed by atoms with Gasteiger partial charge in [0.1, 0.15) is 11.6 Å². The van der Waals surface area contributed by atoms with Crippen LogP contribution in [-0.2, 0) is 6.54 Å². The first-order chi connectivity index (χ1) is 9.20. The normalized spacial score (nSPS) is 11.9. The second kappa shape index (κ2) is 4.66. The Kier molecular flexibility index (Phi) is 2.85. The summed E-state index contributed by atoms with van der Waals surface area (Å²) in [5.74, 6) is 4.42. The minimum absolute atomic E-state index is 0.326. The summed E-state index contributed by atoms with van der Waals surface area (Å²) >= 11 is 0. The molecule has 0 aliphatic carbocycles. The Morgan fingerprint density at radius 2 is 1.63 bits per heavy atom. The third-order valence-electron chi connectivity index (χ3n) is 2.85. The number of fused-ring (bicyclic) bond motifs is 1. The van der Waals surface area contributed by atoms with Crippen LogP contribution in [0.5, 0.6) is 0 Å². The second-order valence-corrected chi connectivity index (χ2v) is 4.29. The molecule has 0 amide bonds. The van der Waals surface area contributed by atoms with E-state index in [1.165, 1.54) is 17.7 Å². The Morgan fingerprint density at radius 1 is 0.895 bits per heavy atom. The number of hydrogen-bond donors (Lipinski definition) is 0. The standard InChI is InChI=1S/C16H9F2N/c17-15-6-12(7-16(18)8-15)2-1-11-3-4-13-9-19-10-14(13)5-11/h3-8,10H,9H2. The van der Waals surface area contributed by atoms with Gasteiger partial charge in [-0.15, -0.1) is 0 Å². The van der Waals surface area contributed by atoms with Crippen LogP contribution >= 0.6 is 0 Å². The molecule has 3 rings (SSSR count). The van der Waals surface area contributed by atoms with Crippen LogP contribution in [0.4, 0.5) is 8.78 Å². The molecule has 1 aliphatic rings. The molecule has 0 unspecified atom stereocenters. The first kappa shape index (κ1) is 11.6. The molecule has 0 atom stereocenters. The van der Waals surface area contributed by atoms with Gasteiger partial charge in [0.2, 0.25) is 0 Å². The van der Waals surface area contributed by atoms with Gasteiger partial charge < -0.3 is 0 Å². The first-order valence-electron chi connectivity index (χ1n) is 5.81. The van der Waals surface area contributed by atoms with Crippen LogP contribution in [0.3, 0.4) is 0 Å². The lowest BCUT2D eigenvalue weighted by molar-refractivity contribution is 0.582. The van der Waals surface area contributed by atoms with Gasteiger partial charge in [0.05, 0.1) is 6.54 Å². The zero-order valence-electron chi connectivity index (χ0n) is 9.95. The molecule has 0 N–H and O–H groups in total. The summed E-state index contributed by atoms with van der Waals surface area (Å²) in [5.41, 5.74) is 3.35. The summed E-state index contributed by atoms with van der Waals surface area (Å²) in [6.45, 7) is 0.706. The van der Waals surface area contributed by atoms with Crippen molar-refractivity contribution in [2.24, 2.45) is 4.99 Å². The number of nitrogens with zero attached hydrogens (tertiary/aromatic N) is 1. The fourth-order valence-corrected chi connectivity index (χ4v) is 1.95. The molecular formula is C16H9F2N. The average molecular weight is 253 g/mol. The van der Waals surface area contributed by atoms with Crippen molar-refractivity contribution in [3.63, 3.8) is 0 Å². The van der Waals surface area contributed by atoms with Crippen LogP contribution in [-0.4, -0.2) is 6.21 Å². The van der Waals surface area contributed by atoms with Crippen LogP contribution in [0.1, 0.15) is 22.3 Å². The van der Waals surface area contributed by atoms with Crippen molar-refractivity contribution in [3.8, 4) is 11.8 Å². The summed E-state index contributed by atoms with van der Waals surface area (Å²) in [7, 11) is 0. The van der Waals surface area contributed by atoms with Gasteiger partial charge in [0, 0.05) is 23.4 Å². The van der Waals surface area contributed by atoms with E-state index in [1.807, 2.05) is 24.4 Å². The lowest BCUT2D eigenvalue weighted by Gasteiger charge is -1.97. The van der Waals surface area contributed by atoms with E-state index in [0.29, 0.717) is 12.1 Å². The van der Waals surface area contributed by atoms with Gasteiger partial charge in [-0.1, -0.05) is 17.9 Å². The monoisotopic (exact) mass is 253 g/mol. The van der Waals surface area contributed by atoms with Gasteiger partial charge in [-0.05, 0) is 35.4 Å². The fraction of sp³-hybridized carbons (Fsp3) is 0.0625. The molecule has 1 heterocycles. The van der Waals surface area contributed by atoms with E-state index >= 15 is 0 Å². The van der Waals surface area contributed by atoms with Crippen LogP contribution in [0.2, 0.25) is 0 Å². The molecular weight excluding hydrogens is 244 g/mol. The van der Waals surface area contributed by atoms with Crippen molar-refractivity contribution in [2.45, 2.75) is 6.54 Å². The smallest absolute Gasteiger partial charge is 0.127 e. The molecule has 0 saturated carbocycles. The Bertz CT molecular complexity index is 716. The minimum atomic E-state index is -0.620. The van der Waals surface area contributed by atoms with E-state index in [-0.39, 0.29) is 0 Å². The van der Waals surface area contributed by atoms with Crippen molar-refractivity contribution >= 4 is 6.21 Å². The molecule has 0 bridgehead atoms. The Labute approximate surface area is 109 Å². The first-order valence-corrected chi connectivity index (χ1v) is 5.81. The van der Waals surface area contributed by atoms with E-state index in [9.17, 15) is 8.78 Å². The van der Waals surface area contributed by atoms with Crippen molar-refractivity contribution < 1.29 is 8.78 Å². The molecule has 0 spiro atoms. The predicted molar refractivity (Wildman–Crippen MR) is 70.1 cm³/mol. The maximum Gasteiger partial charge on any atom is 0.127 e. The highest BCUT2D eigenvalue weighted by Crippen LogP contribution is 2.15. The van der Waals surface area contributed by atoms with Crippen molar-refractivity contribution in [2.75, 3.05) is 0 Å². The van der Waals surface area contributed by atoms with Crippen LogP contribution in [0.25, 0.3) is 0 Å². The summed E-state index contributed by atoms with van der Waals surface area (Å²) in [6.07, 6.45) is 1.81. The SMILES string of the molecule is Fc1cc(F)cc(C#Cc2ccc3c(c2)C=NC3)c1. The summed E-state index contributed by atoms with van der Waals surface area (Å²) in [6, 6.07) is 9.04. The Morgan fingerprint density at radius 3 is 2.42 bits per heavy atom. The summed E-state index contributed by atoms with van der Waals surface area (Å²) < 4.78 is 26.0. The Hall–Kier alpha value is -2.47. The van der Waals surface area contributed by atoms with Gasteiger partial charge in [0.25, 0.3) is 0 Å². The summed E-state index contributed by atoms with van der Waals surface area (Å²) in [5, 5.41) is 0. The van der Waals surface area contributed by atoms with Crippen LogP contribution in [0, 0.1) is 23.5 Å². The molecule has 1 nitrogen and oxygen atoms in total. The van der Waals surface area contributed by atoms with E-state index in [0.717, 1.165) is 17.2 Å². The van der Waals surface area contributed by atoms with Gasteiger partial charge >= 0.3 is 0 Å². The van der Waals surface area contributed by atoms with Gasteiger partial charge in [-0.3, -0.25) is 4.99 Å². The molecule has 92 valence electrons. The van der Waals surface area contributed by atoms with Gasteiger partial charge in [-0.2, -0.15) is 0 Å². The molecule has 2 aromatic carbocycles. The molecule has 0 saturated heterocycles. The highest BCUT2D eigenvalue weighted by molar-refractivity contribution is 5.85. The average Bonchev–Trinajstić information content (AvgIpc) is 2.82. The van der Waals surface area contributed by atoms with E-state index in [4.69, 9.17) is 0 Å².